The van der Waals surface area contributed by atoms with Gasteiger partial charge in [-0.2, -0.15) is 0 Å². The summed E-state index contributed by atoms with van der Waals surface area (Å²) in [4.78, 5) is 11.1. The zero-order valence-corrected chi connectivity index (χ0v) is 12.9. The number of rotatable bonds is 5. The molecule has 2 aliphatic rings. The van der Waals surface area contributed by atoms with E-state index < -0.39 is 11.8 Å². The van der Waals surface area contributed by atoms with E-state index in [2.05, 4.69) is 0 Å². The van der Waals surface area contributed by atoms with Gasteiger partial charge in [-0.15, -0.1) is 0 Å². The van der Waals surface area contributed by atoms with Crippen molar-refractivity contribution in [3.8, 4) is 0 Å². The molecule has 5 nitrogen and oxygen atoms in total. The average Bonchev–Trinajstić information content (AvgIpc) is 2.92. The second-order valence-corrected chi connectivity index (χ2v) is 6.49. The number of carboxylic acids is 1. The van der Waals surface area contributed by atoms with E-state index in [1.165, 1.54) is 0 Å². The van der Waals surface area contributed by atoms with Crippen LogP contribution in [0.5, 0.6) is 0 Å². The van der Waals surface area contributed by atoms with Gasteiger partial charge in [-0.25, -0.2) is 0 Å². The molecule has 2 fully saturated rings. The molecule has 1 saturated heterocycles. The first-order valence-electron chi connectivity index (χ1n) is 7.67. The third-order valence-corrected chi connectivity index (χ3v) is 4.27. The summed E-state index contributed by atoms with van der Waals surface area (Å²) in [5.41, 5.74) is 1.10. The van der Waals surface area contributed by atoms with Gasteiger partial charge in [-0.1, -0.05) is 30.3 Å². The van der Waals surface area contributed by atoms with E-state index in [0.29, 0.717) is 13.0 Å². The van der Waals surface area contributed by atoms with Crippen molar-refractivity contribution in [3.63, 3.8) is 0 Å². The number of hydrogen-bond donors (Lipinski definition) is 1. The zero-order valence-electron chi connectivity index (χ0n) is 12.9. The Balaban J connectivity index is 1.67. The van der Waals surface area contributed by atoms with Crippen molar-refractivity contribution in [3.05, 3.63) is 35.9 Å². The van der Waals surface area contributed by atoms with Gasteiger partial charge in [0.1, 0.15) is 6.10 Å². The number of aliphatic carboxylic acids is 1. The molecule has 1 aliphatic heterocycles. The van der Waals surface area contributed by atoms with Gasteiger partial charge in [0.2, 0.25) is 0 Å². The third kappa shape index (κ3) is 3.32. The zero-order chi connectivity index (χ0) is 15.7. The summed E-state index contributed by atoms with van der Waals surface area (Å²) in [5.74, 6) is -1.55. The van der Waals surface area contributed by atoms with Crippen LogP contribution in [0.3, 0.4) is 0 Å². The average molecular weight is 306 g/mol. The molecule has 0 aromatic heterocycles. The largest absolute Gasteiger partial charge is 0.481 e. The Morgan fingerprint density at radius 3 is 2.64 bits per heavy atom. The minimum atomic E-state index is -0.805. The fourth-order valence-electron chi connectivity index (χ4n) is 3.40. The number of hydrogen-bond acceptors (Lipinski definition) is 4. The normalized spacial score (nSPS) is 32.8. The molecule has 1 aliphatic carbocycles. The SMILES string of the molecule is CC1(C)O[C@@H]2[C@@H](CC(=O)O)C[C@@H](OCc3ccccc3)[C@@H]2O1. The maximum Gasteiger partial charge on any atom is 0.303 e. The van der Waals surface area contributed by atoms with Crippen molar-refractivity contribution < 1.29 is 24.1 Å². The van der Waals surface area contributed by atoms with Crippen molar-refractivity contribution in [2.24, 2.45) is 5.92 Å². The highest BCUT2D eigenvalue weighted by Gasteiger charge is 2.54. The van der Waals surface area contributed by atoms with Crippen LogP contribution in [0.4, 0.5) is 0 Å². The maximum atomic E-state index is 11.1. The lowest BCUT2D eigenvalue weighted by atomic mass is 10.0. The summed E-state index contributed by atoms with van der Waals surface area (Å²) < 4.78 is 17.9. The molecule has 0 radical (unpaired) electrons. The number of carbonyl (C=O) groups is 1. The molecule has 1 aromatic carbocycles. The molecule has 4 atom stereocenters. The third-order valence-electron chi connectivity index (χ3n) is 4.27. The van der Waals surface area contributed by atoms with Crippen LogP contribution in [0.2, 0.25) is 0 Å². The maximum absolute atomic E-state index is 11.1. The van der Waals surface area contributed by atoms with E-state index in [-0.39, 0.29) is 30.7 Å². The van der Waals surface area contributed by atoms with Gasteiger partial charge < -0.3 is 19.3 Å². The molecule has 0 spiro atoms. The first-order chi connectivity index (χ1) is 10.4. The minimum Gasteiger partial charge on any atom is -0.481 e. The summed E-state index contributed by atoms with van der Waals surface area (Å²) in [6.45, 7) is 4.22. The van der Waals surface area contributed by atoms with Crippen molar-refractivity contribution in [1.82, 2.24) is 0 Å². The van der Waals surface area contributed by atoms with Gasteiger partial charge in [0.25, 0.3) is 0 Å². The van der Waals surface area contributed by atoms with Crippen LogP contribution in [0.15, 0.2) is 30.3 Å². The number of carboxylic acid groups (broad SMARTS) is 1. The quantitative estimate of drug-likeness (QED) is 0.906. The summed E-state index contributed by atoms with van der Waals surface area (Å²) >= 11 is 0. The van der Waals surface area contributed by atoms with E-state index in [1.807, 2.05) is 44.2 Å². The van der Waals surface area contributed by atoms with Crippen molar-refractivity contribution in [2.75, 3.05) is 0 Å². The van der Waals surface area contributed by atoms with Crippen LogP contribution in [0.25, 0.3) is 0 Å². The fourth-order valence-corrected chi connectivity index (χ4v) is 3.40. The van der Waals surface area contributed by atoms with E-state index in [0.717, 1.165) is 5.56 Å². The van der Waals surface area contributed by atoms with E-state index in [9.17, 15) is 4.79 Å². The van der Waals surface area contributed by atoms with Gasteiger partial charge in [-0.05, 0) is 25.8 Å². The first kappa shape index (κ1) is 15.5. The fraction of sp³-hybridized carbons (Fsp3) is 0.588. The molecule has 0 unspecified atom stereocenters. The first-order valence-corrected chi connectivity index (χ1v) is 7.67. The lowest BCUT2D eigenvalue weighted by Gasteiger charge is -2.23. The number of ether oxygens (including phenoxy) is 3. The molecule has 1 heterocycles. The standard InChI is InChI=1S/C17H22O5/c1-17(2)21-15-12(9-14(18)19)8-13(16(15)22-17)20-10-11-6-4-3-5-7-11/h3-7,12-13,15-16H,8-10H2,1-2H3,(H,18,19)/t12-,13-,15-,16+/m1/s1. The van der Waals surface area contributed by atoms with E-state index in [4.69, 9.17) is 19.3 Å². The summed E-state index contributed by atoms with van der Waals surface area (Å²) in [6.07, 6.45) is 0.224. The van der Waals surface area contributed by atoms with Gasteiger partial charge >= 0.3 is 5.97 Å². The smallest absolute Gasteiger partial charge is 0.303 e. The second-order valence-electron chi connectivity index (χ2n) is 6.49. The van der Waals surface area contributed by atoms with Crippen molar-refractivity contribution >= 4 is 5.97 Å². The highest BCUT2D eigenvalue weighted by atomic mass is 16.8. The van der Waals surface area contributed by atoms with Crippen molar-refractivity contribution in [2.45, 2.75) is 57.4 Å². The van der Waals surface area contributed by atoms with Crippen LogP contribution >= 0.6 is 0 Å². The lowest BCUT2D eigenvalue weighted by Crippen LogP contribution is -2.30. The molecule has 1 saturated carbocycles. The highest BCUT2D eigenvalue weighted by Crippen LogP contribution is 2.44. The van der Waals surface area contributed by atoms with E-state index >= 15 is 0 Å². The summed E-state index contributed by atoms with van der Waals surface area (Å²) in [6, 6.07) is 9.94. The molecule has 1 aromatic rings. The molecule has 5 heteroatoms. The van der Waals surface area contributed by atoms with Gasteiger partial charge in [0.05, 0.1) is 25.2 Å². The molecular formula is C17H22O5. The van der Waals surface area contributed by atoms with Crippen molar-refractivity contribution in [1.29, 1.82) is 0 Å². The van der Waals surface area contributed by atoms with Crippen LogP contribution in [0.1, 0.15) is 32.3 Å². The van der Waals surface area contributed by atoms with E-state index in [1.54, 1.807) is 0 Å². The Bertz CT molecular complexity index is 527. The van der Waals surface area contributed by atoms with Crippen LogP contribution in [0, 0.1) is 5.92 Å². The second kappa shape index (κ2) is 5.99. The Kier molecular flexibility index (Phi) is 4.21. The molecule has 3 rings (SSSR count). The predicted molar refractivity (Wildman–Crippen MR) is 79.2 cm³/mol. The van der Waals surface area contributed by atoms with Gasteiger partial charge in [0.15, 0.2) is 5.79 Å². The Morgan fingerprint density at radius 1 is 1.27 bits per heavy atom. The molecule has 22 heavy (non-hydrogen) atoms. The minimum absolute atomic E-state index is 0.0648. The van der Waals surface area contributed by atoms with Gasteiger partial charge in [0, 0.05) is 5.92 Å². The molecule has 120 valence electrons. The summed E-state index contributed by atoms with van der Waals surface area (Å²) in [7, 11) is 0. The van der Waals surface area contributed by atoms with Crippen LogP contribution in [-0.4, -0.2) is 35.2 Å². The molecular weight excluding hydrogens is 284 g/mol. The predicted octanol–water partition coefficient (Wildman–Crippen LogP) is 2.59. The lowest BCUT2D eigenvalue weighted by molar-refractivity contribution is -0.173. The molecule has 0 amide bonds. The monoisotopic (exact) mass is 306 g/mol. The topological polar surface area (TPSA) is 65.0 Å². The summed E-state index contributed by atoms with van der Waals surface area (Å²) in [5, 5.41) is 9.08. The molecule has 0 bridgehead atoms. The number of fused-ring (bicyclic) bond motifs is 1. The van der Waals surface area contributed by atoms with Crippen LogP contribution < -0.4 is 0 Å². The Morgan fingerprint density at radius 2 is 1.95 bits per heavy atom. The highest BCUT2D eigenvalue weighted by molar-refractivity contribution is 5.67. The van der Waals surface area contributed by atoms with Crippen LogP contribution in [-0.2, 0) is 25.6 Å². The molecule has 1 N–H and O–H groups in total. The Labute approximate surface area is 130 Å². The number of benzene rings is 1. The van der Waals surface area contributed by atoms with Gasteiger partial charge in [-0.3, -0.25) is 4.79 Å². The Hall–Kier alpha value is -1.43.